The number of fused-ring (bicyclic) bond motifs is 2. The molecule has 0 saturated heterocycles. The van der Waals surface area contributed by atoms with Crippen molar-refractivity contribution in [3.63, 3.8) is 0 Å². The predicted molar refractivity (Wildman–Crippen MR) is 106 cm³/mol. The van der Waals surface area contributed by atoms with Gasteiger partial charge < -0.3 is 14.2 Å². The molecule has 1 aliphatic heterocycles. The number of nitrogens with zero attached hydrogens (tertiary/aromatic N) is 3. The van der Waals surface area contributed by atoms with E-state index in [1.807, 2.05) is 37.3 Å². The van der Waals surface area contributed by atoms with Crippen molar-refractivity contribution >= 4 is 17.0 Å². The van der Waals surface area contributed by atoms with E-state index in [9.17, 15) is 4.79 Å². The molecule has 144 valence electrons. The average molecular weight is 387 g/mol. The number of carbonyl (C=O) groups is 1. The normalized spacial score (nSPS) is 12.3. The highest BCUT2D eigenvalue weighted by atomic mass is 16.7. The Kier molecular flexibility index (Phi) is 4.13. The van der Waals surface area contributed by atoms with E-state index in [0.29, 0.717) is 46.1 Å². The Morgan fingerprint density at radius 3 is 2.76 bits per heavy atom. The molecule has 7 nitrogen and oxygen atoms in total. The number of aryl methyl sites for hydroxylation is 1. The molecule has 0 N–H and O–H groups in total. The standard InChI is InChI=1S/C22H17N3O4/c1-2-25-21-17(12-23-25)16(11-18(24-21)14-6-4-3-5-7-14)22(26)29-15-8-9-19-20(10-15)28-13-27-19/h3-12H,2,13H2,1H3. The second-order valence-electron chi connectivity index (χ2n) is 6.52. The Hall–Kier alpha value is -3.87. The molecule has 0 fully saturated rings. The van der Waals surface area contributed by atoms with E-state index in [1.54, 1.807) is 35.1 Å². The van der Waals surface area contributed by atoms with Crippen LogP contribution >= 0.6 is 0 Å². The lowest BCUT2D eigenvalue weighted by molar-refractivity contribution is 0.0736. The Balaban J connectivity index is 1.57. The van der Waals surface area contributed by atoms with Crippen molar-refractivity contribution in [3.05, 3.63) is 66.4 Å². The number of rotatable bonds is 4. The van der Waals surface area contributed by atoms with Gasteiger partial charge in [-0.05, 0) is 25.1 Å². The van der Waals surface area contributed by atoms with Crippen LogP contribution in [-0.2, 0) is 6.54 Å². The summed E-state index contributed by atoms with van der Waals surface area (Å²) >= 11 is 0. The van der Waals surface area contributed by atoms with Crippen LogP contribution in [-0.4, -0.2) is 27.5 Å². The van der Waals surface area contributed by atoms with Crippen molar-refractivity contribution in [1.29, 1.82) is 0 Å². The first-order valence-electron chi connectivity index (χ1n) is 9.27. The summed E-state index contributed by atoms with van der Waals surface area (Å²) in [6.07, 6.45) is 1.65. The summed E-state index contributed by atoms with van der Waals surface area (Å²) < 4.78 is 18.0. The highest BCUT2D eigenvalue weighted by Gasteiger charge is 2.20. The molecule has 0 radical (unpaired) electrons. The van der Waals surface area contributed by atoms with Crippen molar-refractivity contribution < 1.29 is 19.0 Å². The van der Waals surface area contributed by atoms with E-state index in [2.05, 4.69) is 5.10 Å². The first-order chi connectivity index (χ1) is 14.2. The summed E-state index contributed by atoms with van der Waals surface area (Å²) in [5, 5.41) is 5.01. The van der Waals surface area contributed by atoms with Crippen LogP contribution in [0.1, 0.15) is 17.3 Å². The van der Waals surface area contributed by atoms with Gasteiger partial charge in [0.1, 0.15) is 5.75 Å². The fraction of sp³-hybridized carbons (Fsp3) is 0.136. The molecule has 7 heteroatoms. The number of ether oxygens (including phenoxy) is 3. The van der Waals surface area contributed by atoms with Crippen LogP contribution in [0, 0.1) is 0 Å². The van der Waals surface area contributed by atoms with Crippen LogP contribution in [0.15, 0.2) is 60.8 Å². The summed E-state index contributed by atoms with van der Waals surface area (Å²) in [6, 6.07) is 16.5. The van der Waals surface area contributed by atoms with Crippen molar-refractivity contribution in [2.75, 3.05) is 6.79 Å². The molecule has 0 saturated carbocycles. The van der Waals surface area contributed by atoms with Gasteiger partial charge >= 0.3 is 5.97 Å². The van der Waals surface area contributed by atoms with Crippen LogP contribution in [0.5, 0.6) is 17.2 Å². The van der Waals surface area contributed by atoms with Crippen LogP contribution in [0.4, 0.5) is 0 Å². The van der Waals surface area contributed by atoms with Crippen molar-refractivity contribution in [2.45, 2.75) is 13.5 Å². The van der Waals surface area contributed by atoms with Gasteiger partial charge in [-0.1, -0.05) is 30.3 Å². The maximum absolute atomic E-state index is 13.1. The van der Waals surface area contributed by atoms with Gasteiger partial charge in [-0.15, -0.1) is 0 Å². The molecule has 2 aromatic heterocycles. The lowest BCUT2D eigenvalue weighted by Gasteiger charge is -2.09. The van der Waals surface area contributed by atoms with Gasteiger partial charge in [0.25, 0.3) is 0 Å². The average Bonchev–Trinajstić information content (AvgIpc) is 3.39. The van der Waals surface area contributed by atoms with Crippen molar-refractivity contribution in [1.82, 2.24) is 14.8 Å². The molecule has 0 aliphatic carbocycles. The van der Waals surface area contributed by atoms with E-state index in [4.69, 9.17) is 19.2 Å². The molecule has 3 heterocycles. The van der Waals surface area contributed by atoms with E-state index < -0.39 is 5.97 Å². The zero-order chi connectivity index (χ0) is 19.8. The van der Waals surface area contributed by atoms with Gasteiger partial charge in [0.2, 0.25) is 6.79 Å². The second-order valence-corrected chi connectivity index (χ2v) is 6.52. The highest BCUT2D eigenvalue weighted by Crippen LogP contribution is 2.35. The minimum absolute atomic E-state index is 0.161. The molecule has 0 atom stereocenters. The summed E-state index contributed by atoms with van der Waals surface area (Å²) in [4.78, 5) is 17.8. The smallest absolute Gasteiger partial charge is 0.344 e. The van der Waals surface area contributed by atoms with Crippen LogP contribution in [0.2, 0.25) is 0 Å². The summed E-state index contributed by atoms with van der Waals surface area (Å²) in [6.45, 7) is 2.79. The molecule has 29 heavy (non-hydrogen) atoms. The molecule has 0 bridgehead atoms. The molecule has 0 amide bonds. The Morgan fingerprint density at radius 2 is 1.93 bits per heavy atom. The van der Waals surface area contributed by atoms with Gasteiger partial charge in [-0.25, -0.2) is 14.5 Å². The Morgan fingerprint density at radius 1 is 1.10 bits per heavy atom. The molecular weight excluding hydrogens is 370 g/mol. The molecule has 4 aromatic rings. The summed E-state index contributed by atoms with van der Waals surface area (Å²) in [5.74, 6) is 1.09. The maximum atomic E-state index is 13.1. The van der Waals surface area contributed by atoms with E-state index >= 15 is 0 Å². The highest BCUT2D eigenvalue weighted by molar-refractivity contribution is 6.04. The molecule has 0 unspecified atom stereocenters. The van der Waals surface area contributed by atoms with Gasteiger partial charge in [0.05, 0.1) is 22.8 Å². The SMILES string of the molecule is CCn1ncc2c(C(=O)Oc3ccc4c(c3)OCO4)cc(-c3ccccc3)nc21. The molecule has 5 rings (SSSR count). The van der Waals surface area contributed by atoms with Crippen LogP contribution < -0.4 is 14.2 Å². The monoisotopic (exact) mass is 387 g/mol. The van der Waals surface area contributed by atoms with E-state index in [-0.39, 0.29) is 6.79 Å². The first kappa shape index (κ1) is 17.2. The van der Waals surface area contributed by atoms with Gasteiger partial charge in [0, 0.05) is 18.2 Å². The first-order valence-corrected chi connectivity index (χ1v) is 9.27. The number of hydrogen-bond acceptors (Lipinski definition) is 6. The maximum Gasteiger partial charge on any atom is 0.344 e. The third-order valence-corrected chi connectivity index (χ3v) is 4.75. The predicted octanol–water partition coefficient (Wildman–Crippen LogP) is 4.07. The quantitative estimate of drug-likeness (QED) is 0.388. The van der Waals surface area contributed by atoms with Crippen LogP contribution in [0.3, 0.4) is 0 Å². The topological polar surface area (TPSA) is 75.5 Å². The Bertz CT molecular complexity index is 1220. The molecule has 2 aromatic carbocycles. The fourth-order valence-corrected chi connectivity index (χ4v) is 3.31. The van der Waals surface area contributed by atoms with Gasteiger partial charge in [-0.2, -0.15) is 5.10 Å². The number of pyridine rings is 1. The zero-order valence-corrected chi connectivity index (χ0v) is 15.7. The van der Waals surface area contributed by atoms with Crippen molar-refractivity contribution in [3.8, 4) is 28.5 Å². The second kappa shape index (κ2) is 6.94. The van der Waals surface area contributed by atoms with Gasteiger partial charge in [-0.3, -0.25) is 0 Å². The lowest BCUT2D eigenvalue weighted by Crippen LogP contribution is -2.10. The van der Waals surface area contributed by atoms with Crippen LogP contribution in [0.25, 0.3) is 22.3 Å². The number of carbonyl (C=O) groups excluding carboxylic acids is 1. The fourth-order valence-electron chi connectivity index (χ4n) is 3.31. The minimum atomic E-state index is -0.482. The number of benzene rings is 2. The summed E-state index contributed by atoms with van der Waals surface area (Å²) in [5.41, 5.74) is 2.65. The molecular formula is C22H17N3O4. The zero-order valence-electron chi connectivity index (χ0n) is 15.7. The molecule has 0 spiro atoms. The van der Waals surface area contributed by atoms with E-state index in [0.717, 1.165) is 5.56 Å². The minimum Gasteiger partial charge on any atom is -0.454 e. The largest absolute Gasteiger partial charge is 0.454 e. The number of esters is 1. The Labute approximate surface area is 166 Å². The van der Waals surface area contributed by atoms with Crippen molar-refractivity contribution in [2.24, 2.45) is 0 Å². The third-order valence-electron chi connectivity index (χ3n) is 4.75. The number of aromatic nitrogens is 3. The number of hydrogen-bond donors (Lipinski definition) is 0. The lowest BCUT2D eigenvalue weighted by atomic mass is 10.1. The van der Waals surface area contributed by atoms with Gasteiger partial charge in [0.15, 0.2) is 17.1 Å². The molecule has 1 aliphatic rings. The summed E-state index contributed by atoms with van der Waals surface area (Å²) in [7, 11) is 0. The third kappa shape index (κ3) is 3.06. The van der Waals surface area contributed by atoms with E-state index in [1.165, 1.54) is 0 Å².